The zero-order chi connectivity index (χ0) is 43.1. The Labute approximate surface area is 339 Å². The van der Waals surface area contributed by atoms with Gasteiger partial charge >= 0.3 is 17.9 Å². The number of unbranched alkanes of at least 4 members (excludes halogenated alkanes) is 14. The minimum absolute atomic E-state index is 0.138. The number of carbonyl (C=O) groups is 8. The van der Waals surface area contributed by atoms with E-state index < -0.39 is 105 Å². The van der Waals surface area contributed by atoms with Crippen molar-refractivity contribution in [1.29, 1.82) is 0 Å². The number of hydrogen-bond acceptors (Lipinski definition) is 10. The molecule has 0 aliphatic rings. The van der Waals surface area contributed by atoms with Crippen LogP contribution in [0.5, 0.6) is 0 Å². The largest absolute Gasteiger partial charge is 0.481 e. The van der Waals surface area contributed by atoms with Crippen LogP contribution in [0.3, 0.4) is 0 Å². The summed E-state index contributed by atoms with van der Waals surface area (Å²) in [4.78, 5) is 105. The fourth-order valence-electron chi connectivity index (χ4n) is 6.07. The van der Waals surface area contributed by atoms with Gasteiger partial charge < -0.3 is 52.0 Å². The molecule has 0 spiro atoms. The highest BCUT2D eigenvalue weighted by Gasteiger charge is 2.32. The van der Waals surface area contributed by atoms with Gasteiger partial charge in [-0.25, -0.2) is 9.78 Å². The number of amides is 5. The molecule has 5 amide bonds. The minimum Gasteiger partial charge on any atom is -0.481 e. The van der Waals surface area contributed by atoms with Crippen LogP contribution in [0.1, 0.15) is 141 Å². The molecule has 0 fully saturated rings. The summed E-state index contributed by atoms with van der Waals surface area (Å²) in [5.41, 5.74) is 0.420. The van der Waals surface area contributed by atoms with Crippen molar-refractivity contribution < 1.29 is 58.8 Å². The molecule has 328 valence electrons. The molecule has 0 bridgehead atoms. The van der Waals surface area contributed by atoms with Gasteiger partial charge in [0.05, 0.1) is 19.5 Å². The lowest BCUT2D eigenvalue weighted by Gasteiger charge is -2.25. The molecule has 1 rings (SSSR count). The molecule has 0 aliphatic carbocycles. The number of nitrogens with one attached hydrogen (secondary N) is 6. The molecular formula is C39H65N7O12. The van der Waals surface area contributed by atoms with E-state index in [9.17, 15) is 48.6 Å². The Morgan fingerprint density at radius 2 is 1.05 bits per heavy atom. The number of hydrogen-bond donors (Lipinski definition) is 10. The molecule has 0 radical (unpaired) electrons. The van der Waals surface area contributed by atoms with Crippen LogP contribution in [-0.2, 0) is 44.8 Å². The van der Waals surface area contributed by atoms with Gasteiger partial charge in [-0.15, -0.1) is 0 Å². The maximum Gasteiger partial charge on any atom is 0.326 e. The number of aliphatic hydroxyl groups is 1. The molecular weight excluding hydrogens is 758 g/mol. The SMILES string of the molecule is CCCCCCCCCCCCCCCCCC(=O)NCC(=O)N[C@@H](Cc1cnc[nH]1)C(=O)N[C@@H](CO)C(=O)N[C@@H](CCC(=O)O)C(=O)N[C@@H](CCC(=O)O)C(=O)O. The Morgan fingerprint density at radius 3 is 1.53 bits per heavy atom. The normalized spacial score (nSPS) is 13.0. The van der Waals surface area contributed by atoms with Gasteiger partial charge in [0.2, 0.25) is 29.5 Å². The van der Waals surface area contributed by atoms with Gasteiger partial charge in [-0.3, -0.25) is 33.6 Å². The van der Waals surface area contributed by atoms with E-state index in [-0.39, 0.29) is 18.7 Å². The molecule has 1 heterocycles. The standard InChI is InChI=1S/C39H65N7O12/c1-2-3-4-5-6-7-8-9-10-11-12-13-14-15-16-17-32(48)41-24-33(49)43-30(22-27-23-40-26-42-27)37(55)46-31(25-47)38(56)44-28(18-20-34(50)51)36(54)45-29(39(57)58)19-21-35(52)53/h23,26,28-31,47H,2-22,24-25H2,1H3,(H,40,42)(H,41,48)(H,43,49)(H,44,56)(H,45,54)(H,46,55)(H,50,51)(H,52,53)(H,57,58)/t28-,29-,30-,31-/m0/s1. The monoisotopic (exact) mass is 823 g/mol. The molecule has 1 aromatic heterocycles. The van der Waals surface area contributed by atoms with Crippen LogP contribution in [0.2, 0.25) is 0 Å². The Morgan fingerprint density at radius 1 is 0.586 bits per heavy atom. The first-order chi connectivity index (χ1) is 27.8. The number of aliphatic hydroxyl groups excluding tert-OH is 1. The van der Waals surface area contributed by atoms with Crippen molar-refractivity contribution in [1.82, 2.24) is 36.6 Å². The number of aromatic amines is 1. The van der Waals surface area contributed by atoms with Crippen LogP contribution < -0.4 is 26.6 Å². The number of carboxylic acid groups (broad SMARTS) is 3. The minimum atomic E-state index is -1.72. The quantitative estimate of drug-likeness (QED) is 0.0439. The smallest absolute Gasteiger partial charge is 0.326 e. The topological polar surface area (TPSA) is 306 Å². The van der Waals surface area contributed by atoms with Crippen molar-refractivity contribution in [3.63, 3.8) is 0 Å². The Bertz CT molecular complexity index is 1410. The van der Waals surface area contributed by atoms with Gasteiger partial charge in [0.25, 0.3) is 0 Å². The molecule has 58 heavy (non-hydrogen) atoms. The molecule has 0 aliphatic heterocycles. The van der Waals surface area contributed by atoms with E-state index in [0.29, 0.717) is 12.1 Å². The van der Waals surface area contributed by atoms with Crippen LogP contribution in [0, 0.1) is 0 Å². The van der Waals surface area contributed by atoms with E-state index in [1.807, 2.05) is 0 Å². The van der Waals surface area contributed by atoms with Crippen molar-refractivity contribution in [3.8, 4) is 0 Å². The van der Waals surface area contributed by atoms with Gasteiger partial charge in [0.15, 0.2) is 0 Å². The molecule has 0 aromatic carbocycles. The Kier molecular flexibility index (Phi) is 27.2. The summed E-state index contributed by atoms with van der Waals surface area (Å²) in [5, 5.41) is 49.0. The predicted molar refractivity (Wildman–Crippen MR) is 211 cm³/mol. The summed E-state index contributed by atoms with van der Waals surface area (Å²) < 4.78 is 0. The second-order valence-electron chi connectivity index (χ2n) is 14.4. The van der Waals surface area contributed by atoms with Crippen LogP contribution in [0.4, 0.5) is 0 Å². The Balaban J connectivity index is 2.64. The van der Waals surface area contributed by atoms with Crippen LogP contribution in [-0.4, -0.2) is 115 Å². The number of aromatic nitrogens is 2. The molecule has 0 saturated heterocycles. The number of carbonyl (C=O) groups excluding carboxylic acids is 5. The highest BCUT2D eigenvalue weighted by Crippen LogP contribution is 2.14. The van der Waals surface area contributed by atoms with E-state index in [1.54, 1.807) is 0 Å². The third kappa shape index (κ3) is 24.5. The fraction of sp³-hybridized carbons (Fsp3) is 0.718. The maximum absolute atomic E-state index is 13.4. The predicted octanol–water partition coefficient (Wildman–Crippen LogP) is 2.08. The molecule has 10 N–H and O–H groups in total. The molecule has 19 heteroatoms. The highest BCUT2D eigenvalue weighted by atomic mass is 16.4. The number of H-pyrrole nitrogens is 1. The number of rotatable bonds is 35. The molecule has 19 nitrogen and oxygen atoms in total. The zero-order valence-corrected chi connectivity index (χ0v) is 33.7. The summed E-state index contributed by atoms with van der Waals surface area (Å²) in [5.74, 6) is -8.49. The lowest BCUT2D eigenvalue weighted by molar-refractivity contribution is -0.144. The lowest BCUT2D eigenvalue weighted by Crippen LogP contribution is -2.59. The first kappa shape index (κ1) is 50.9. The maximum atomic E-state index is 13.4. The number of imidazole rings is 1. The van der Waals surface area contributed by atoms with Crippen LogP contribution >= 0.6 is 0 Å². The van der Waals surface area contributed by atoms with Crippen molar-refractivity contribution in [3.05, 3.63) is 18.2 Å². The molecule has 0 saturated carbocycles. The summed E-state index contributed by atoms with van der Waals surface area (Å²) in [6.07, 6.45) is 18.5. The third-order valence-electron chi connectivity index (χ3n) is 9.44. The van der Waals surface area contributed by atoms with Gasteiger partial charge in [0, 0.05) is 37.6 Å². The van der Waals surface area contributed by atoms with Gasteiger partial charge in [-0.1, -0.05) is 96.8 Å². The van der Waals surface area contributed by atoms with Crippen molar-refractivity contribution in [2.24, 2.45) is 0 Å². The average Bonchev–Trinajstić information content (AvgIpc) is 3.70. The van der Waals surface area contributed by atoms with E-state index in [0.717, 1.165) is 19.3 Å². The fourth-order valence-corrected chi connectivity index (χ4v) is 6.07. The summed E-state index contributed by atoms with van der Waals surface area (Å²) in [6, 6.07) is -6.38. The molecule has 1 aromatic rings. The average molecular weight is 824 g/mol. The van der Waals surface area contributed by atoms with Crippen LogP contribution in [0.15, 0.2) is 12.5 Å². The van der Waals surface area contributed by atoms with Gasteiger partial charge in [-0.2, -0.15) is 0 Å². The number of nitrogens with zero attached hydrogens (tertiary/aromatic N) is 1. The van der Waals surface area contributed by atoms with Crippen molar-refractivity contribution in [2.45, 2.75) is 166 Å². The van der Waals surface area contributed by atoms with E-state index >= 15 is 0 Å². The summed E-state index contributed by atoms with van der Waals surface area (Å²) >= 11 is 0. The van der Waals surface area contributed by atoms with Gasteiger partial charge in [-0.05, 0) is 19.3 Å². The first-order valence-electron chi connectivity index (χ1n) is 20.5. The summed E-state index contributed by atoms with van der Waals surface area (Å²) in [7, 11) is 0. The second-order valence-corrected chi connectivity index (χ2v) is 14.4. The van der Waals surface area contributed by atoms with E-state index in [1.165, 1.54) is 83.2 Å². The van der Waals surface area contributed by atoms with Gasteiger partial charge in [0.1, 0.15) is 24.2 Å². The van der Waals surface area contributed by atoms with E-state index in [2.05, 4.69) is 43.5 Å². The summed E-state index contributed by atoms with van der Waals surface area (Å²) in [6.45, 7) is 0.798. The second kappa shape index (κ2) is 31.0. The number of aliphatic carboxylic acids is 3. The van der Waals surface area contributed by atoms with Crippen molar-refractivity contribution >= 4 is 47.4 Å². The molecule has 4 atom stereocenters. The lowest BCUT2D eigenvalue weighted by atomic mass is 10.0. The first-order valence-corrected chi connectivity index (χ1v) is 20.5. The molecule has 0 unspecified atom stereocenters. The zero-order valence-electron chi connectivity index (χ0n) is 33.7. The highest BCUT2D eigenvalue weighted by molar-refractivity contribution is 5.95. The van der Waals surface area contributed by atoms with Crippen molar-refractivity contribution in [2.75, 3.05) is 13.2 Å². The number of carboxylic acids is 3. The van der Waals surface area contributed by atoms with E-state index in [4.69, 9.17) is 10.2 Å². The third-order valence-corrected chi connectivity index (χ3v) is 9.44. The van der Waals surface area contributed by atoms with Crippen LogP contribution in [0.25, 0.3) is 0 Å². The Hall–Kier alpha value is -5.07.